The average molecular weight is 467 g/mol. The zero-order valence-corrected chi connectivity index (χ0v) is 16.2. The molecule has 1 saturated carbocycles. The van der Waals surface area contributed by atoms with Crippen molar-refractivity contribution in [1.29, 1.82) is 0 Å². The summed E-state index contributed by atoms with van der Waals surface area (Å²) in [5.74, 6) is -1.16. The van der Waals surface area contributed by atoms with E-state index in [1.54, 1.807) is 29.7 Å². The van der Waals surface area contributed by atoms with Gasteiger partial charge in [0.15, 0.2) is 0 Å². The molecule has 0 saturated heterocycles. The molecule has 1 aliphatic rings. The van der Waals surface area contributed by atoms with Crippen LogP contribution >= 0.6 is 22.6 Å². The second-order valence-corrected chi connectivity index (χ2v) is 7.39. The van der Waals surface area contributed by atoms with Crippen LogP contribution in [0.1, 0.15) is 17.5 Å². The summed E-state index contributed by atoms with van der Waals surface area (Å²) >= 11 is 2.24. The first-order valence-corrected chi connectivity index (χ1v) is 9.09. The summed E-state index contributed by atoms with van der Waals surface area (Å²) in [7, 11) is 1.29. The highest BCUT2D eigenvalue weighted by molar-refractivity contribution is 14.1. The standard InChI is InChI=1S/C19H18INO5/c1-25-18(23)19(10-16(19)17(22)21-24)13-5-3-7-15(9-13)26-11-12-4-2-6-14(20)8-12/h2-9,16,24H,10-11H2,1H3,(H,21,22)/t16-,19-/m0/s1. The molecule has 6 nitrogen and oxygen atoms in total. The number of rotatable bonds is 6. The topological polar surface area (TPSA) is 84.9 Å². The fraction of sp³-hybridized carbons (Fsp3) is 0.263. The number of carbonyl (C=O) groups is 2. The van der Waals surface area contributed by atoms with Crippen molar-refractivity contribution in [3.63, 3.8) is 0 Å². The fourth-order valence-corrected chi connectivity index (χ4v) is 3.77. The predicted octanol–water partition coefficient (Wildman–Crippen LogP) is 2.81. The van der Waals surface area contributed by atoms with Crippen molar-refractivity contribution in [2.45, 2.75) is 18.4 Å². The van der Waals surface area contributed by atoms with E-state index in [2.05, 4.69) is 22.6 Å². The Bertz CT molecular complexity index is 840. The molecule has 0 aliphatic heterocycles. The number of nitrogens with one attached hydrogen (secondary N) is 1. The van der Waals surface area contributed by atoms with E-state index in [9.17, 15) is 9.59 Å². The highest BCUT2D eigenvalue weighted by Crippen LogP contribution is 2.55. The Morgan fingerprint density at radius 1 is 1.27 bits per heavy atom. The fourth-order valence-electron chi connectivity index (χ4n) is 3.16. The number of halogens is 1. The lowest BCUT2D eigenvalue weighted by atomic mass is 9.92. The van der Waals surface area contributed by atoms with E-state index in [4.69, 9.17) is 14.7 Å². The molecule has 0 heterocycles. The lowest BCUT2D eigenvalue weighted by Gasteiger charge is -2.16. The van der Waals surface area contributed by atoms with Crippen molar-refractivity contribution < 1.29 is 24.3 Å². The molecule has 2 N–H and O–H groups in total. The smallest absolute Gasteiger partial charge is 0.317 e. The van der Waals surface area contributed by atoms with Crippen molar-refractivity contribution >= 4 is 34.5 Å². The molecule has 1 aliphatic carbocycles. The van der Waals surface area contributed by atoms with Crippen LogP contribution in [-0.4, -0.2) is 24.2 Å². The number of hydrogen-bond acceptors (Lipinski definition) is 5. The Kier molecular flexibility index (Phi) is 5.47. The van der Waals surface area contributed by atoms with Gasteiger partial charge in [0, 0.05) is 3.57 Å². The second-order valence-electron chi connectivity index (χ2n) is 6.14. The molecule has 136 valence electrons. The molecule has 0 aromatic heterocycles. The van der Waals surface area contributed by atoms with E-state index in [-0.39, 0.29) is 6.42 Å². The summed E-state index contributed by atoms with van der Waals surface area (Å²) in [6.45, 7) is 0.395. The molecule has 1 amide bonds. The van der Waals surface area contributed by atoms with Crippen LogP contribution in [0.15, 0.2) is 48.5 Å². The van der Waals surface area contributed by atoms with Crippen LogP contribution in [-0.2, 0) is 26.3 Å². The van der Waals surface area contributed by atoms with Crippen molar-refractivity contribution in [2.75, 3.05) is 7.11 Å². The zero-order valence-electron chi connectivity index (χ0n) is 14.1. The first-order chi connectivity index (χ1) is 12.5. The number of hydrogen-bond donors (Lipinski definition) is 2. The van der Waals surface area contributed by atoms with E-state index in [0.717, 1.165) is 9.13 Å². The molecule has 0 radical (unpaired) electrons. The van der Waals surface area contributed by atoms with E-state index < -0.39 is 23.2 Å². The van der Waals surface area contributed by atoms with Gasteiger partial charge in [0.25, 0.3) is 0 Å². The minimum absolute atomic E-state index is 0.284. The lowest BCUT2D eigenvalue weighted by Crippen LogP contribution is -2.31. The summed E-state index contributed by atoms with van der Waals surface area (Å²) < 4.78 is 11.9. The molecule has 26 heavy (non-hydrogen) atoms. The van der Waals surface area contributed by atoms with Gasteiger partial charge in [0.1, 0.15) is 17.8 Å². The predicted molar refractivity (Wildman–Crippen MR) is 102 cm³/mol. The van der Waals surface area contributed by atoms with Gasteiger partial charge in [-0.2, -0.15) is 0 Å². The molecule has 0 spiro atoms. The van der Waals surface area contributed by atoms with Gasteiger partial charge in [0.2, 0.25) is 5.91 Å². The van der Waals surface area contributed by atoms with Gasteiger partial charge in [-0.3, -0.25) is 14.8 Å². The lowest BCUT2D eigenvalue weighted by molar-refractivity contribution is -0.146. The molecule has 0 bridgehead atoms. The summed E-state index contributed by atoms with van der Waals surface area (Å²) in [6, 6.07) is 15.1. The highest BCUT2D eigenvalue weighted by atomic mass is 127. The molecule has 3 rings (SSSR count). The molecular formula is C19H18INO5. The Balaban J connectivity index is 1.81. The Hall–Kier alpha value is -2.13. The minimum atomic E-state index is -1.08. The molecule has 2 aromatic carbocycles. The highest BCUT2D eigenvalue weighted by Gasteiger charge is 2.65. The van der Waals surface area contributed by atoms with Crippen LogP contribution < -0.4 is 10.2 Å². The van der Waals surface area contributed by atoms with Gasteiger partial charge in [0.05, 0.1) is 13.0 Å². The van der Waals surface area contributed by atoms with Crippen LogP contribution in [0.25, 0.3) is 0 Å². The van der Waals surface area contributed by atoms with E-state index in [1.807, 2.05) is 24.3 Å². The molecule has 1 fully saturated rings. The van der Waals surface area contributed by atoms with Gasteiger partial charge in [-0.15, -0.1) is 0 Å². The van der Waals surface area contributed by atoms with Gasteiger partial charge < -0.3 is 9.47 Å². The third kappa shape index (κ3) is 3.54. The first-order valence-electron chi connectivity index (χ1n) is 8.01. The summed E-state index contributed by atoms with van der Waals surface area (Å²) in [5, 5.41) is 8.89. The Morgan fingerprint density at radius 2 is 2.04 bits per heavy atom. The van der Waals surface area contributed by atoms with Gasteiger partial charge in [-0.25, -0.2) is 5.48 Å². The largest absolute Gasteiger partial charge is 0.489 e. The number of amides is 1. The van der Waals surface area contributed by atoms with E-state index >= 15 is 0 Å². The Labute approximate surface area is 164 Å². The van der Waals surface area contributed by atoms with E-state index in [0.29, 0.717) is 17.9 Å². The monoisotopic (exact) mass is 467 g/mol. The molecular weight excluding hydrogens is 449 g/mol. The van der Waals surface area contributed by atoms with Crippen LogP contribution in [0.5, 0.6) is 5.75 Å². The van der Waals surface area contributed by atoms with Crippen LogP contribution in [0.3, 0.4) is 0 Å². The molecule has 2 aromatic rings. The average Bonchev–Trinajstić information content (AvgIpc) is 3.42. The number of ether oxygens (including phenoxy) is 2. The van der Waals surface area contributed by atoms with Crippen molar-refractivity contribution in [2.24, 2.45) is 5.92 Å². The van der Waals surface area contributed by atoms with Crippen molar-refractivity contribution in [3.05, 3.63) is 63.2 Å². The first kappa shape index (κ1) is 18.7. The SMILES string of the molecule is COC(=O)[C@]1(c2cccc(OCc3cccc(I)c3)c2)C[C@H]1C(=O)NO. The molecule has 7 heteroatoms. The number of carbonyl (C=O) groups excluding carboxylic acids is 2. The molecule has 2 atom stereocenters. The Morgan fingerprint density at radius 3 is 2.73 bits per heavy atom. The maximum absolute atomic E-state index is 12.3. The summed E-state index contributed by atoms with van der Waals surface area (Å²) in [5.41, 5.74) is 2.21. The quantitative estimate of drug-likeness (QED) is 0.296. The van der Waals surface area contributed by atoms with Crippen LogP contribution in [0.4, 0.5) is 0 Å². The van der Waals surface area contributed by atoms with E-state index in [1.165, 1.54) is 7.11 Å². The van der Waals surface area contributed by atoms with Crippen LogP contribution in [0.2, 0.25) is 0 Å². The number of esters is 1. The van der Waals surface area contributed by atoms with Crippen LogP contribution in [0, 0.1) is 9.49 Å². The zero-order chi connectivity index (χ0) is 18.7. The third-order valence-corrected chi connectivity index (χ3v) is 5.25. The van der Waals surface area contributed by atoms with Crippen molar-refractivity contribution in [3.8, 4) is 5.75 Å². The maximum Gasteiger partial charge on any atom is 0.317 e. The summed E-state index contributed by atoms with van der Waals surface area (Å²) in [6.07, 6.45) is 0.284. The summed E-state index contributed by atoms with van der Waals surface area (Å²) in [4.78, 5) is 24.1. The normalized spacial score (nSPS) is 21.0. The van der Waals surface area contributed by atoms with Crippen molar-refractivity contribution in [1.82, 2.24) is 5.48 Å². The second kappa shape index (κ2) is 7.63. The number of methoxy groups -OCH3 is 1. The number of hydroxylamine groups is 1. The van der Waals surface area contributed by atoms with Gasteiger partial charge in [-0.05, 0) is 64.4 Å². The van der Waals surface area contributed by atoms with Gasteiger partial charge >= 0.3 is 5.97 Å². The third-order valence-electron chi connectivity index (χ3n) is 4.58. The maximum atomic E-state index is 12.3. The minimum Gasteiger partial charge on any atom is -0.489 e. The van der Waals surface area contributed by atoms with Gasteiger partial charge in [-0.1, -0.05) is 24.3 Å². The number of benzene rings is 2. The molecule has 0 unspecified atom stereocenters.